The molecule has 0 aliphatic rings. The molecule has 0 radical (unpaired) electrons. The highest BCUT2D eigenvalue weighted by Crippen LogP contribution is 2.23. The van der Waals surface area contributed by atoms with Gasteiger partial charge in [0.25, 0.3) is 4.99 Å². The Bertz CT molecular complexity index is 427. The Morgan fingerprint density at radius 3 is 2.63 bits per heavy atom. The highest BCUT2D eigenvalue weighted by Gasteiger charge is 2.34. The Balaban J connectivity index is 2.59. The van der Waals surface area contributed by atoms with Crippen LogP contribution in [0.3, 0.4) is 0 Å². The second kappa shape index (κ2) is 7.88. The molecule has 104 valence electrons. The summed E-state index contributed by atoms with van der Waals surface area (Å²) in [5.41, 5.74) is 12.0. The largest absolute Gasteiger partial charge is 0.478 e. The molecule has 5 N–H and O–H groups in total. The van der Waals surface area contributed by atoms with Gasteiger partial charge in [-0.25, -0.2) is 4.79 Å². The fraction of sp³-hybridized carbons (Fsp3) is 0.417. The van der Waals surface area contributed by atoms with E-state index >= 15 is 0 Å². The van der Waals surface area contributed by atoms with Gasteiger partial charge in [0.05, 0.1) is 6.54 Å². The molecule has 19 heavy (non-hydrogen) atoms. The SMILES string of the molecule is NCCCS[C@@](N)(N=NCc1ccccc1)C(=O)O. The third kappa shape index (κ3) is 5.37. The van der Waals surface area contributed by atoms with Crippen molar-refractivity contribution in [2.24, 2.45) is 21.7 Å². The van der Waals surface area contributed by atoms with Gasteiger partial charge in [-0.05, 0) is 24.3 Å². The van der Waals surface area contributed by atoms with Crippen molar-refractivity contribution < 1.29 is 9.90 Å². The van der Waals surface area contributed by atoms with E-state index in [9.17, 15) is 4.79 Å². The number of hydrogen-bond acceptors (Lipinski definition) is 6. The van der Waals surface area contributed by atoms with E-state index in [-0.39, 0.29) is 0 Å². The van der Waals surface area contributed by atoms with Gasteiger partial charge in [0.2, 0.25) is 0 Å². The Morgan fingerprint density at radius 1 is 1.37 bits per heavy atom. The summed E-state index contributed by atoms with van der Waals surface area (Å²) in [7, 11) is 0. The van der Waals surface area contributed by atoms with Crippen molar-refractivity contribution in [2.45, 2.75) is 18.0 Å². The zero-order valence-corrected chi connectivity index (χ0v) is 11.3. The molecule has 0 fully saturated rings. The van der Waals surface area contributed by atoms with Gasteiger partial charge in [0.15, 0.2) is 0 Å². The summed E-state index contributed by atoms with van der Waals surface area (Å²) in [5.74, 6) is -0.671. The highest BCUT2D eigenvalue weighted by molar-refractivity contribution is 8.01. The number of carboxylic acids is 1. The molecule has 0 heterocycles. The van der Waals surface area contributed by atoms with Crippen LogP contribution in [0.25, 0.3) is 0 Å². The van der Waals surface area contributed by atoms with Crippen LogP contribution in [0.4, 0.5) is 0 Å². The molecule has 1 aromatic carbocycles. The summed E-state index contributed by atoms with van der Waals surface area (Å²) in [6, 6.07) is 9.44. The van der Waals surface area contributed by atoms with Gasteiger partial charge >= 0.3 is 5.97 Å². The van der Waals surface area contributed by atoms with E-state index in [2.05, 4.69) is 10.2 Å². The number of azo groups is 1. The summed E-state index contributed by atoms with van der Waals surface area (Å²) in [5, 5.41) is 16.7. The van der Waals surface area contributed by atoms with Crippen LogP contribution in [0.2, 0.25) is 0 Å². The fourth-order valence-electron chi connectivity index (χ4n) is 1.25. The lowest BCUT2D eigenvalue weighted by Gasteiger charge is -2.17. The van der Waals surface area contributed by atoms with Gasteiger partial charge in [0, 0.05) is 0 Å². The number of thioether (sulfide) groups is 1. The smallest absolute Gasteiger partial charge is 0.359 e. The second-order valence-corrected chi connectivity index (χ2v) is 5.20. The quantitative estimate of drug-likeness (QED) is 0.379. The standard InChI is InChI=1S/C12H18N4O2S/c13-7-4-8-19-12(14,11(17)18)16-15-9-10-5-2-1-3-6-10/h1-3,5-6H,4,7-9,13-14H2,(H,17,18)/t12-/m0/s1. The van der Waals surface area contributed by atoms with Crippen LogP contribution in [0.1, 0.15) is 12.0 Å². The van der Waals surface area contributed by atoms with E-state index in [1.807, 2.05) is 30.3 Å². The molecule has 0 spiro atoms. The molecular formula is C12H18N4O2S. The van der Waals surface area contributed by atoms with Crippen molar-refractivity contribution in [3.63, 3.8) is 0 Å². The number of aliphatic carboxylic acids is 1. The predicted molar refractivity (Wildman–Crippen MR) is 75.7 cm³/mol. The van der Waals surface area contributed by atoms with Gasteiger partial charge in [-0.3, -0.25) is 5.73 Å². The third-order valence-electron chi connectivity index (χ3n) is 2.29. The molecule has 6 nitrogen and oxygen atoms in total. The van der Waals surface area contributed by atoms with Crippen molar-refractivity contribution >= 4 is 17.7 Å². The van der Waals surface area contributed by atoms with Crippen molar-refractivity contribution in [1.82, 2.24) is 0 Å². The lowest BCUT2D eigenvalue weighted by Crippen LogP contribution is -2.42. The average Bonchev–Trinajstić information content (AvgIpc) is 2.40. The Labute approximate surface area is 116 Å². The normalized spacial score (nSPS) is 14.4. The van der Waals surface area contributed by atoms with Crippen LogP contribution in [0, 0.1) is 0 Å². The van der Waals surface area contributed by atoms with Crippen molar-refractivity contribution in [2.75, 3.05) is 12.3 Å². The van der Waals surface area contributed by atoms with Gasteiger partial charge in [-0.1, -0.05) is 30.3 Å². The third-order valence-corrected chi connectivity index (χ3v) is 3.48. The van der Waals surface area contributed by atoms with E-state index in [4.69, 9.17) is 16.6 Å². The molecule has 0 amide bonds. The zero-order chi connectivity index (χ0) is 14.1. The average molecular weight is 282 g/mol. The molecule has 0 bridgehead atoms. The number of hydrogen-bond donors (Lipinski definition) is 3. The minimum atomic E-state index is -1.73. The predicted octanol–water partition coefficient (Wildman–Crippen LogP) is 1.42. The first kappa shape index (κ1) is 15.6. The van der Waals surface area contributed by atoms with Crippen molar-refractivity contribution in [3.05, 3.63) is 35.9 Å². The maximum absolute atomic E-state index is 11.1. The zero-order valence-electron chi connectivity index (χ0n) is 10.5. The van der Waals surface area contributed by atoms with Crippen LogP contribution < -0.4 is 11.5 Å². The van der Waals surface area contributed by atoms with E-state index in [0.717, 1.165) is 17.3 Å². The number of nitrogens with zero attached hydrogens (tertiary/aromatic N) is 2. The number of carboxylic acid groups (broad SMARTS) is 1. The summed E-state index contributed by atoms with van der Waals surface area (Å²) in [4.78, 5) is 9.39. The highest BCUT2D eigenvalue weighted by atomic mass is 32.2. The summed E-state index contributed by atoms with van der Waals surface area (Å²) in [6.45, 7) is 0.800. The van der Waals surface area contributed by atoms with Crippen molar-refractivity contribution in [1.29, 1.82) is 0 Å². The monoisotopic (exact) mass is 282 g/mol. The van der Waals surface area contributed by atoms with Gasteiger partial charge < -0.3 is 10.8 Å². The first-order valence-corrected chi connectivity index (χ1v) is 6.86. The second-order valence-electron chi connectivity index (χ2n) is 3.88. The molecule has 0 aliphatic carbocycles. The van der Waals surface area contributed by atoms with E-state index < -0.39 is 11.0 Å². The first-order valence-electron chi connectivity index (χ1n) is 5.87. The summed E-state index contributed by atoms with van der Waals surface area (Å²) >= 11 is 1.03. The molecule has 0 saturated heterocycles. The van der Waals surface area contributed by atoms with E-state index in [0.29, 0.717) is 25.3 Å². The number of carbonyl (C=O) groups is 1. The molecule has 1 rings (SSSR count). The Morgan fingerprint density at radius 2 is 2.05 bits per heavy atom. The van der Waals surface area contributed by atoms with Crippen LogP contribution in [0.15, 0.2) is 40.6 Å². The molecular weight excluding hydrogens is 264 g/mol. The molecule has 1 aromatic rings. The number of benzene rings is 1. The van der Waals surface area contributed by atoms with Crippen LogP contribution in [0.5, 0.6) is 0 Å². The number of nitrogens with two attached hydrogens (primary N) is 2. The first-order chi connectivity index (χ1) is 9.08. The van der Waals surface area contributed by atoms with Gasteiger partial charge in [-0.2, -0.15) is 5.11 Å². The maximum Gasteiger partial charge on any atom is 0.359 e. The molecule has 7 heteroatoms. The Hall–Kier alpha value is -1.44. The van der Waals surface area contributed by atoms with E-state index in [1.54, 1.807) is 0 Å². The minimum absolute atomic E-state index is 0.310. The van der Waals surface area contributed by atoms with Crippen LogP contribution >= 0.6 is 11.8 Å². The molecule has 0 aromatic heterocycles. The van der Waals surface area contributed by atoms with Crippen molar-refractivity contribution in [3.8, 4) is 0 Å². The van der Waals surface area contributed by atoms with Crippen LogP contribution in [-0.2, 0) is 11.3 Å². The molecule has 0 unspecified atom stereocenters. The molecule has 0 aliphatic heterocycles. The summed E-state index contributed by atoms with van der Waals surface area (Å²) in [6.07, 6.45) is 0.686. The fourth-order valence-corrected chi connectivity index (χ4v) is 2.11. The maximum atomic E-state index is 11.1. The van der Waals surface area contributed by atoms with Crippen LogP contribution in [-0.4, -0.2) is 28.4 Å². The number of rotatable bonds is 8. The van der Waals surface area contributed by atoms with E-state index in [1.165, 1.54) is 0 Å². The molecule has 0 saturated carbocycles. The van der Waals surface area contributed by atoms with Gasteiger partial charge in [0.1, 0.15) is 0 Å². The lowest BCUT2D eigenvalue weighted by atomic mass is 10.2. The topological polar surface area (TPSA) is 114 Å². The lowest BCUT2D eigenvalue weighted by molar-refractivity contribution is -0.139. The molecule has 1 atom stereocenters. The van der Waals surface area contributed by atoms with Gasteiger partial charge in [-0.15, -0.1) is 16.9 Å². The minimum Gasteiger partial charge on any atom is -0.478 e. The summed E-state index contributed by atoms with van der Waals surface area (Å²) < 4.78 is 0. The Kier molecular flexibility index (Phi) is 6.48.